The van der Waals surface area contributed by atoms with Gasteiger partial charge in [-0.2, -0.15) is 0 Å². The number of alkyl carbamates (subject to hydrolysis) is 1. The molecule has 164 valence electrons. The van der Waals surface area contributed by atoms with Crippen LogP contribution in [0.2, 0.25) is 0 Å². The molecule has 0 aliphatic carbocycles. The molecule has 0 aliphatic heterocycles. The molecule has 0 aromatic heterocycles. The van der Waals surface area contributed by atoms with Crippen LogP contribution >= 0.6 is 0 Å². The van der Waals surface area contributed by atoms with Crippen molar-refractivity contribution >= 4 is 17.8 Å². The summed E-state index contributed by atoms with van der Waals surface area (Å²) in [4.78, 5) is 35.6. The number of amides is 1. The Morgan fingerprint density at radius 3 is 2.45 bits per heavy atom. The minimum absolute atomic E-state index is 0.0227. The van der Waals surface area contributed by atoms with Gasteiger partial charge in [-0.3, -0.25) is 4.79 Å². The monoisotopic (exact) mass is 427 g/mol. The number of ether oxygens (including phenoxy) is 3. The van der Waals surface area contributed by atoms with Crippen molar-refractivity contribution in [1.82, 2.24) is 5.32 Å². The van der Waals surface area contributed by atoms with Gasteiger partial charge in [-0.05, 0) is 37.3 Å². The zero-order valence-corrected chi connectivity index (χ0v) is 17.2. The highest BCUT2D eigenvalue weighted by atomic mass is 16.6. The second-order valence-corrected chi connectivity index (χ2v) is 6.65. The van der Waals surface area contributed by atoms with Gasteiger partial charge in [0.15, 0.2) is 0 Å². The number of benzene rings is 2. The molecule has 0 spiro atoms. The molecule has 8 heteroatoms. The Bertz CT molecular complexity index is 898. The third kappa shape index (κ3) is 8.31. The largest absolute Gasteiger partial charge is 0.459 e. The molecule has 0 saturated heterocycles. The van der Waals surface area contributed by atoms with Crippen LogP contribution in [-0.2, 0) is 14.3 Å². The zero-order valence-electron chi connectivity index (χ0n) is 17.2. The van der Waals surface area contributed by atoms with Gasteiger partial charge in [-0.25, -0.2) is 9.59 Å². The first-order valence-corrected chi connectivity index (χ1v) is 9.61. The highest BCUT2D eigenvalue weighted by Crippen LogP contribution is 2.22. The van der Waals surface area contributed by atoms with Gasteiger partial charge in [0.2, 0.25) is 0 Å². The number of nitrogens with one attached hydrogen (secondary N) is 1. The fourth-order valence-corrected chi connectivity index (χ4v) is 2.59. The molecule has 1 amide bonds. The first-order chi connectivity index (χ1) is 14.9. The lowest BCUT2D eigenvalue weighted by Crippen LogP contribution is -2.46. The number of para-hydroxylation sites is 1. The maximum atomic E-state index is 12.4. The minimum Gasteiger partial charge on any atom is -0.459 e. The standard InChI is InChI=1S/C23H25NO7/c1-3-12-29-23(28)24-20(13-16(2)25)21(26)15-30-22(27)17-8-7-11-19(14-17)31-18-9-5-4-6-10-18/h3-11,14,20-21,26H,1,12-13,15H2,2H3,(H,24,28). The molecule has 31 heavy (non-hydrogen) atoms. The van der Waals surface area contributed by atoms with Gasteiger partial charge in [-0.1, -0.05) is 36.9 Å². The van der Waals surface area contributed by atoms with E-state index >= 15 is 0 Å². The van der Waals surface area contributed by atoms with Crippen LogP contribution in [-0.4, -0.2) is 48.3 Å². The summed E-state index contributed by atoms with van der Waals surface area (Å²) in [6, 6.07) is 14.5. The molecule has 0 aliphatic rings. The van der Waals surface area contributed by atoms with Crippen molar-refractivity contribution in [3.05, 3.63) is 72.8 Å². The predicted molar refractivity (Wildman–Crippen MR) is 113 cm³/mol. The lowest BCUT2D eigenvalue weighted by atomic mass is 10.1. The highest BCUT2D eigenvalue weighted by molar-refractivity contribution is 5.89. The number of carbonyl (C=O) groups excluding carboxylic acids is 3. The Morgan fingerprint density at radius 1 is 1.06 bits per heavy atom. The molecule has 8 nitrogen and oxygen atoms in total. The maximum absolute atomic E-state index is 12.4. The van der Waals surface area contributed by atoms with Crippen molar-refractivity contribution in [2.24, 2.45) is 0 Å². The second kappa shape index (κ2) is 12.1. The minimum atomic E-state index is -1.31. The number of hydrogen-bond acceptors (Lipinski definition) is 7. The number of esters is 1. The number of ketones is 1. The van der Waals surface area contributed by atoms with Crippen LogP contribution < -0.4 is 10.1 Å². The van der Waals surface area contributed by atoms with Gasteiger partial charge >= 0.3 is 12.1 Å². The van der Waals surface area contributed by atoms with Gasteiger partial charge in [0.1, 0.15) is 36.6 Å². The van der Waals surface area contributed by atoms with Gasteiger partial charge in [-0.15, -0.1) is 0 Å². The average molecular weight is 427 g/mol. The predicted octanol–water partition coefficient (Wildman–Crippen LogP) is 3.26. The Kier molecular flexibility index (Phi) is 9.25. The molecule has 2 atom stereocenters. The van der Waals surface area contributed by atoms with Crippen LogP contribution in [0.25, 0.3) is 0 Å². The van der Waals surface area contributed by atoms with Crippen molar-refractivity contribution in [1.29, 1.82) is 0 Å². The van der Waals surface area contributed by atoms with E-state index < -0.39 is 30.8 Å². The summed E-state index contributed by atoms with van der Waals surface area (Å²) < 4.78 is 15.6. The first kappa shape index (κ1) is 23.6. The summed E-state index contributed by atoms with van der Waals surface area (Å²) in [5, 5.41) is 12.7. The molecule has 2 aromatic rings. The number of hydrogen-bond donors (Lipinski definition) is 2. The average Bonchev–Trinajstić information content (AvgIpc) is 2.76. The summed E-state index contributed by atoms with van der Waals surface area (Å²) in [5.74, 6) is 0.116. The van der Waals surface area contributed by atoms with E-state index in [0.717, 1.165) is 0 Å². The molecular weight excluding hydrogens is 402 g/mol. The molecule has 0 heterocycles. The third-order valence-corrected chi connectivity index (χ3v) is 4.04. The van der Waals surface area contributed by atoms with Crippen LogP contribution in [0.4, 0.5) is 4.79 Å². The van der Waals surface area contributed by atoms with Crippen LogP contribution in [0.15, 0.2) is 67.3 Å². The smallest absolute Gasteiger partial charge is 0.407 e. The van der Waals surface area contributed by atoms with Crippen molar-refractivity contribution < 1.29 is 33.7 Å². The highest BCUT2D eigenvalue weighted by Gasteiger charge is 2.25. The Hall–Kier alpha value is -3.65. The van der Waals surface area contributed by atoms with Crippen molar-refractivity contribution in [3.8, 4) is 11.5 Å². The van der Waals surface area contributed by atoms with E-state index in [1.807, 2.05) is 18.2 Å². The normalized spacial score (nSPS) is 12.2. The molecule has 0 bridgehead atoms. The van der Waals surface area contributed by atoms with Gasteiger partial charge in [0.05, 0.1) is 11.6 Å². The summed E-state index contributed by atoms with van der Waals surface area (Å²) in [6.07, 6.45) is -0.898. The fourth-order valence-electron chi connectivity index (χ4n) is 2.59. The molecule has 2 unspecified atom stereocenters. The fraction of sp³-hybridized carbons (Fsp3) is 0.261. The van der Waals surface area contributed by atoms with Gasteiger partial charge in [0, 0.05) is 6.42 Å². The van der Waals surface area contributed by atoms with Crippen LogP contribution in [0, 0.1) is 0 Å². The molecule has 2 rings (SSSR count). The Labute approximate surface area is 180 Å². The van der Waals surface area contributed by atoms with E-state index in [9.17, 15) is 19.5 Å². The SMILES string of the molecule is C=CCOC(=O)NC(CC(C)=O)C(O)COC(=O)c1cccc(Oc2ccccc2)c1. The van der Waals surface area contributed by atoms with E-state index in [-0.39, 0.29) is 24.4 Å². The number of aliphatic hydroxyl groups excluding tert-OH is 1. The van der Waals surface area contributed by atoms with E-state index in [2.05, 4.69) is 11.9 Å². The van der Waals surface area contributed by atoms with Crippen molar-refractivity contribution in [2.75, 3.05) is 13.2 Å². The summed E-state index contributed by atoms with van der Waals surface area (Å²) in [6.45, 7) is 4.30. The molecule has 0 fully saturated rings. The van der Waals surface area contributed by atoms with Crippen LogP contribution in [0.1, 0.15) is 23.7 Å². The summed E-state index contributed by atoms with van der Waals surface area (Å²) in [7, 11) is 0. The van der Waals surface area contributed by atoms with Gasteiger partial charge in [0.25, 0.3) is 0 Å². The van der Waals surface area contributed by atoms with Crippen LogP contribution in [0.5, 0.6) is 11.5 Å². The van der Waals surface area contributed by atoms with E-state index in [1.54, 1.807) is 30.3 Å². The molecule has 2 N–H and O–H groups in total. The number of rotatable bonds is 11. The lowest BCUT2D eigenvalue weighted by molar-refractivity contribution is -0.118. The summed E-state index contributed by atoms with van der Waals surface area (Å²) >= 11 is 0. The van der Waals surface area contributed by atoms with Crippen molar-refractivity contribution in [3.63, 3.8) is 0 Å². The molecular formula is C23H25NO7. The maximum Gasteiger partial charge on any atom is 0.407 e. The molecule has 2 aromatic carbocycles. The molecule has 0 radical (unpaired) electrons. The van der Waals surface area contributed by atoms with E-state index in [0.29, 0.717) is 11.5 Å². The number of aliphatic hydroxyl groups is 1. The first-order valence-electron chi connectivity index (χ1n) is 9.61. The number of Topliss-reactive ketones (excluding diaryl/α,β-unsaturated/α-hetero) is 1. The third-order valence-electron chi connectivity index (χ3n) is 4.04. The van der Waals surface area contributed by atoms with Gasteiger partial charge < -0.3 is 24.6 Å². The molecule has 0 saturated carbocycles. The van der Waals surface area contributed by atoms with E-state index in [4.69, 9.17) is 14.2 Å². The zero-order chi connectivity index (χ0) is 22.6. The Morgan fingerprint density at radius 2 is 1.77 bits per heavy atom. The second-order valence-electron chi connectivity index (χ2n) is 6.65. The van der Waals surface area contributed by atoms with E-state index in [1.165, 1.54) is 19.1 Å². The lowest BCUT2D eigenvalue weighted by Gasteiger charge is -2.22. The number of carbonyl (C=O) groups is 3. The topological polar surface area (TPSA) is 111 Å². The van der Waals surface area contributed by atoms with Crippen LogP contribution in [0.3, 0.4) is 0 Å². The van der Waals surface area contributed by atoms with Crippen molar-refractivity contribution in [2.45, 2.75) is 25.5 Å². The quantitative estimate of drug-likeness (QED) is 0.418. The Balaban J connectivity index is 1.95. The summed E-state index contributed by atoms with van der Waals surface area (Å²) in [5.41, 5.74) is 0.224.